The summed E-state index contributed by atoms with van der Waals surface area (Å²) in [5, 5.41) is 17.6. The first-order chi connectivity index (χ1) is 9.58. The van der Waals surface area contributed by atoms with Crippen molar-refractivity contribution >= 4 is 17.4 Å². The van der Waals surface area contributed by atoms with Crippen LogP contribution in [0.3, 0.4) is 0 Å². The van der Waals surface area contributed by atoms with E-state index in [-0.39, 0.29) is 23.3 Å². The van der Waals surface area contributed by atoms with Crippen LogP contribution < -0.4 is 4.90 Å². The quantitative estimate of drug-likeness (QED) is 0.774. The minimum absolute atomic E-state index is 0.141. The highest BCUT2D eigenvalue weighted by Gasteiger charge is 2.24. The molecule has 0 aromatic heterocycles. The smallest absolute Gasteiger partial charge is 0.414 e. The topological polar surface area (TPSA) is 77.1 Å². The van der Waals surface area contributed by atoms with Crippen LogP contribution in [0.25, 0.3) is 5.57 Å². The van der Waals surface area contributed by atoms with Gasteiger partial charge in [0.25, 0.3) is 0 Å². The van der Waals surface area contributed by atoms with Crippen LogP contribution in [0.15, 0.2) is 23.8 Å². The predicted octanol–water partition coefficient (Wildman–Crippen LogP) is 2.60. The molecule has 0 radical (unpaired) electrons. The van der Waals surface area contributed by atoms with E-state index in [0.717, 1.165) is 0 Å². The molecule has 1 heterocycles. The molecule has 1 fully saturated rings. The van der Waals surface area contributed by atoms with Crippen molar-refractivity contribution in [2.24, 2.45) is 0 Å². The first-order valence-electron chi connectivity index (χ1n) is 5.83. The number of carbonyl (C=O) groups excluding carboxylic acids is 1. The van der Waals surface area contributed by atoms with Gasteiger partial charge in [-0.2, -0.15) is 10.5 Å². The van der Waals surface area contributed by atoms with Crippen molar-refractivity contribution in [1.29, 1.82) is 10.5 Å². The summed E-state index contributed by atoms with van der Waals surface area (Å²) in [5.74, 6) is -0.595. The van der Waals surface area contributed by atoms with Crippen molar-refractivity contribution in [2.45, 2.75) is 6.92 Å². The molecule has 0 bridgehead atoms. The van der Waals surface area contributed by atoms with Crippen LogP contribution in [0.4, 0.5) is 14.9 Å². The first-order valence-corrected chi connectivity index (χ1v) is 5.83. The number of amides is 1. The zero-order valence-corrected chi connectivity index (χ0v) is 10.7. The van der Waals surface area contributed by atoms with Gasteiger partial charge in [-0.1, -0.05) is 0 Å². The number of nitriles is 2. The minimum Gasteiger partial charge on any atom is -0.447 e. The lowest BCUT2D eigenvalue weighted by molar-refractivity contribution is 0.181. The van der Waals surface area contributed by atoms with Crippen LogP contribution in [0.5, 0.6) is 0 Å². The Bertz CT molecular complexity index is 667. The van der Waals surface area contributed by atoms with E-state index in [1.165, 1.54) is 24.0 Å². The number of halogens is 1. The Labute approximate surface area is 115 Å². The average Bonchev–Trinajstić information content (AvgIpc) is 2.86. The van der Waals surface area contributed by atoms with E-state index in [1.54, 1.807) is 18.2 Å². The van der Waals surface area contributed by atoms with Crippen molar-refractivity contribution < 1.29 is 13.9 Å². The zero-order valence-electron chi connectivity index (χ0n) is 10.7. The SMILES string of the molecule is CC(=C(C#N)C#N)c1ccc(N2CCOC2=O)cc1F. The van der Waals surface area contributed by atoms with Crippen LogP contribution in [0.1, 0.15) is 12.5 Å². The molecular formula is C14H10FN3O2. The maximum absolute atomic E-state index is 14.1. The highest BCUT2D eigenvalue weighted by atomic mass is 19.1. The highest BCUT2D eigenvalue weighted by molar-refractivity contribution is 5.89. The van der Waals surface area contributed by atoms with E-state index >= 15 is 0 Å². The number of ether oxygens (including phenoxy) is 1. The molecule has 1 aromatic carbocycles. The normalized spacial score (nSPS) is 13.4. The Morgan fingerprint density at radius 3 is 2.60 bits per heavy atom. The Morgan fingerprint density at radius 2 is 2.10 bits per heavy atom. The maximum Gasteiger partial charge on any atom is 0.414 e. The first kappa shape index (κ1) is 13.6. The minimum atomic E-state index is -0.595. The number of allylic oxidation sites excluding steroid dienone is 2. The molecule has 0 saturated carbocycles. The standard InChI is InChI=1S/C14H10FN3O2/c1-9(10(7-16)8-17)12-3-2-11(6-13(12)15)18-4-5-20-14(18)19/h2-3,6H,4-5H2,1H3. The van der Waals surface area contributed by atoms with Crippen molar-refractivity contribution in [3.63, 3.8) is 0 Å². The molecule has 0 unspecified atom stereocenters. The summed E-state index contributed by atoms with van der Waals surface area (Å²) in [7, 11) is 0. The van der Waals surface area contributed by atoms with E-state index < -0.39 is 11.9 Å². The predicted molar refractivity (Wildman–Crippen MR) is 68.9 cm³/mol. The second kappa shape index (κ2) is 5.41. The van der Waals surface area contributed by atoms with Gasteiger partial charge in [-0.3, -0.25) is 4.90 Å². The second-order valence-corrected chi connectivity index (χ2v) is 4.15. The van der Waals surface area contributed by atoms with Crippen LogP contribution in [0, 0.1) is 28.5 Å². The number of nitrogens with zero attached hydrogens (tertiary/aromatic N) is 3. The number of carbonyl (C=O) groups is 1. The zero-order chi connectivity index (χ0) is 14.7. The lowest BCUT2D eigenvalue weighted by Crippen LogP contribution is -2.23. The second-order valence-electron chi connectivity index (χ2n) is 4.15. The fraction of sp³-hybridized carbons (Fsp3) is 0.214. The number of benzene rings is 1. The molecule has 100 valence electrons. The number of cyclic esters (lactones) is 1. The van der Waals surface area contributed by atoms with Gasteiger partial charge in [0.2, 0.25) is 0 Å². The van der Waals surface area contributed by atoms with E-state index in [4.69, 9.17) is 15.3 Å². The fourth-order valence-electron chi connectivity index (χ4n) is 1.93. The van der Waals surface area contributed by atoms with Crippen molar-refractivity contribution in [2.75, 3.05) is 18.1 Å². The van der Waals surface area contributed by atoms with Gasteiger partial charge < -0.3 is 4.74 Å². The third-order valence-corrected chi connectivity index (χ3v) is 3.03. The molecule has 1 saturated heterocycles. The van der Waals surface area contributed by atoms with E-state index in [2.05, 4.69) is 0 Å². The van der Waals surface area contributed by atoms with Gasteiger partial charge in [0, 0.05) is 5.56 Å². The number of hydrogen-bond donors (Lipinski definition) is 0. The van der Waals surface area contributed by atoms with E-state index in [9.17, 15) is 9.18 Å². The molecule has 1 aromatic rings. The molecule has 6 heteroatoms. The van der Waals surface area contributed by atoms with Gasteiger partial charge in [0.05, 0.1) is 12.2 Å². The van der Waals surface area contributed by atoms with Crippen LogP contribution in [0.2, 0.25) is 0 Å². The number of hydrogen-bond acceptors (Lipinski definition) is 4. The molecule has 1 aliphatic rings. The Balaban J connectivity index is 2.42. The van der Waals surface area contributed by atoms with Gasteiger partial charge >= 0.3 is 6.09 Å². The molecule has 0 aliphatic carbocycles. The van der Waals surface area contributed by atoms with Crippen molar-refractivity contribution in [1.82, 2.24) is 0 Å². The fourth-order valence-corrected chi connectivity index (χ4v) is 1.93. The molecule has 1 aliphatic heterocycles. The molecule has 0 spiro atoms. The third-order valence-electron chi connectivity index (χ3n) is 3.03. The summed E-state index contributed by atoms with van der Waals surface area (Å²) >= 11 is 0. The van der Waals surface area contributed by atoms with Gasteiger partial charge in [0.15, 0.2) is 0 Å². The van der Waals surface area contributed by atoms with Gasteiger partial charge in [-0.05, 0) is 30.7 Å². The molecule has 2 rings (SSSR count). The summed E-state index contributed by atoms with van der Waals surface area (Å²) < 4.78 is 18.9. The van der Waals surface area contributed by atoms with Crippen molar-refractivity contribution in [3.8, 4) is 12.1 Å². The Kier molecular flexibility index (Phi) is 3.67. The summed E-state index contributed by atoms with van der Waals surface area (Å²) in [5.41, 5.74) is 0.678. The summed E-state index contributed by atoms with van der Waals surface area (Å²) in [4.78, 5) is 12.7. The largest absolute Gasteiger partial charge is 0.447 e. The van der Waals surface area contributed by atoms with Crippen LogP contribution >= 0.6 is 0 Å². The Morgan fingerprint density at radius 1 is 1.40 bits per heavy atom. The maximum atomic E-state index is 14.1. The van der Waals surface area contributed by atoms with Crippen LogP contribution in [-0.2, 0) is 4.74 Å². The van der Waals surface area contributed by atoms with Gasteiger partial charge in [-0.15, -0.1) is 0 Å². The summed E-state index contributed by atoms with van der Waals surface area (Å²) in [6.45, 7) is 2.15. The molecule has 0 atom stereocenters. The molecule has 5 nitrogen and oxygen atoms in total. The molecular weight excluding hydrogens is 261 g/mol. The van der Waals surface area contributed by atoms with E-state index in [1.807, 2.05) is 0 Å². The lowest BCUT2D eigenvalue weighted by Gasteiger charge is -2.14. The molecule has 20 heavy (non-hydrogen) atoms. The molecule has 0 N–H and O–H groups in total. The highest BCUT2D eigenvalue weighted by Crippen LogP contribution is 2.26. The van der Waals surface area contributed by atoms with Gasteiger partial charge in [-0.25, -0.2) is 9.18 Å². The molecule has 1 amide bonds. The third kappa shape index (κ3) is 2.32. The summed E-state index contributed by atoms with van der Waals surface area (Å²) in [6, 6.07) is 7.64. The Hall–Kier alpha value is -2.86. The lowest BCUT2D eigenvalue weighted by atomic mass is 10.0. The van der Waals surface area contributed by atoms with Gasteiger partial charge in [0.1, 0.15) is 30.1 Å². The van der Waals surface area contributed by atoms with Crippen molar-refractivity contribution in [3.05, 3.63) is 35.2 Å². The monoisotopic (exact) mass is 271 g/mol. The van der Waals surface area contributed by atoms with Crippen LogP contribution in [-0.4, -0.2) is 19.2 Å². The number of rotatable bonds is 2. The summed E-state index contributed by atoms with van der Waals surface area (Å²) in [6.07, 6.45) is -0.515. The average molecular weight is 271 g/mol. The number of anilines is 1. The van der Waals surface area contributed by atoms with E-state index in [0.29, 0.717) is 12.2 Å².